The lowest BCUT2D eigenvalue weighted by Crippen LogP contribution is -2.24. The minimum absolute atomic E-state index is 0.412. The quantitative estimate of drug-likeness (QED) is 0.595. The number of hydrogen-bond acceptors (Lipinski definition) is 4. The van der Waals surface area contributed by atoms with Gasteiger partial charge in [-0.15, -0.1) is 0 Å². The van der Waals surface area contributed by atoms with Gasteiger partial charge in [-0.3, -0.25) is 0 Å². The molecule has 2 aromatic carbocycles. The molecular formula is C21H18ClNO3. The van der Waals surface area contributed by atoms with Crippen molar-refractivity contribution < 1.29 is 14.3 Å². The van der Waals surface area contributed by atoms with E-state index in [0.717, 1.165) is 22.2 Å². The first-order chi connectivity index (χ1) is 12.5. The SMILES string of the molecule is COC(=O)C(C)Oc1cccc(/C=C/c2ccc3ccc(Cl)cc3n2)c1. The molecule has 3 aromatic rings. The number of rotatable bonds is 5. The van der Waals surface area contributed by atoms with Gasteiger partial charge >= 0.3 is 5.97 Å². The van der Waals surface area contributed by atoms with E-state index in [4.69, 9.17) is 16.3 Å². The number of carbonyl (C=O) groups is 1. The average Bonchev–Trinajstić information content (AvgIpc) is 2.65. The number of ether oxygens (including phenoxy) is 2. The van der Waals surface area contributed by atoms with Crippen LogP contribution < -0.4 is 4.74 Å². The number of benzene rings is 2. The highest BCUT2D eigenvalue weighted by Gasteiger charge is 2.14. The molecule has 0 aliphatic carbocycles. The average molecular weight is 368 g/mol. The van der Waals surface area contributed by atoms with Crippen LogP contribution in [0.2, 0.25) is 5.02 Å². The smallest absolute Gasteiger partial charge is 0.346 e. The number of nitrogens with zero attached hydrogens (tertiary/aromatic N) is 1. The minimum Gasteiger partial charge on any atom is -0.479 e. The lowest BCUT2D eigenvalue weighted by atomic mass is 10.1. The summed E-state index contributed by atoms with van der Waals surface area (Å²) in [5.41, 5.74) is 2.62. The number of methoxy groups -OCH3 is 1. The van der Waals surface area contributed by atoms with Crippen molar-refractivity contribution in [1.29, 1.82) is 0 Å². The van der Waals surface area contributed by atoms with Gasteiger partial charge in [-0.2, -0.15) is 0 Å². The molecular weight excluding hydrogens is 350 g/mol. The second-order valence-electron chi connectivity index (χ2n) is 5.76. The van der Waals surface area contributed by atoms with E-state index in [2.05, 4.69) is 9.72 Å². The van der Waals surface area contributed by atoms with Gasteiger partial charge in [-0.1, -0.05) is 41.9 Å². The highest BCUT2D eigenvalue weighted by Crippen LogP contribution is 2.20. The zero-order chi connectivity index (χ0) is 18.5. The van der Waals surface area contributed by atoms with E-state index in [0.29, 0.717) is 10.8 Å². The molecule has 0 saturated heterocycles. The zero-order valence-corrected chi connectivity index (χ0v) is 15.2. The van der Waals surface area contributed by atoms with Crippen LogP contribution in [0.1, 0.15) is 18.2 Å². The van der Waals surface area contributed by atoms with Crippen molar-refractivity contribution >= 4 is 40.6 Å². The Balaban J connectivity index is 1.78. The Morgan fingerprint density at radius 3 is 2.73 bits per heavy atom. The van der Waals surface area contributed by atoms with E-state index in [1.807, 2.05) is 60.7 Å². The maximum Gasteiger partial charge on any atom is 0.346 e. The summed E-state index contributed by atoms with van der Waals surface area (Å²) in [6.07, 6.45) is 3.20. The fourth-order valence-corrected chi connectivity index (χ4v) is 2.66. The second-order valence-corrected chi connectivity index (χ2v) is 6.20. The molecule has 0 aliphatic rings. The van der Waals surface area contributed by atoms with Gasteiger partial charge in [0.2, 0.25) is 0 Å². The normalized spacial score (nSPS) is 12.3. The molecule has 0 N–H and O–H groups in total. The van der Waals surface area contributed by atoms with E-state index >= 15 is 0 Å². The molecule has 0 bridgehead atoms. The molecule has 0 amide bonds. The molecule has 1 heterocycles. The first kappa shape index (κ1) is 18.0. The Kier molecular flexibility index (Phi) is 5.54. The van der Waals surface area contributed by atoms with Crippen LogP contribution >= 0.6 is 11.6 Å². The van der Waals surface area contributed by atoms with Gasteiger partial charge in [0.15, 0.2) is 6.10 Å². The summed E-state index contributed by atoms with van der Waals surface area (Å²) in [4.78, 5) is 16.1. The van der Waals surface area contributed by atoms with Crippen LogP contribution in [0.5, 0.6) is 5.75 Å². The Bertz CT molecular complexity index is 968. The summed E-state index contributed by atoms with van der Waals surface area (Å²) in [5.74, 6) is 0.188. The van der Waals surface area contributed by atoms with Gasteiger partial charge in [-0.05, 0) is 48.9 Å². The Morgan fingerprint density at radius 2 is 1.92 bits per heavy atom. The number of fused-ring (bicyclic) bond motifs is 1. The summed E-state index contributed by atoms with van der Waals surface area (Å²) in [6.45, 7) is 1.65. The van der Waals surface area contributed by atoms with E-state index in [1.165, 1.54) is 7.11 Å². The molecule has 1 atom stereocenters. The zero-order valence-electron chi connectivity index (χ0n) is 14.5. The number of hydrogen-bond donors (Lipinski definition) is 0. The molecule has 132 valence electrons. The summed E-state index contributed by atoms with van der Waals surface area (Å²) < 4.78 is 10.3. The van der Waals surface area contributed by atoms with Crippen LogP contribution in [-0.4, -0.2) is 24.2 Å². The van der Waals surface area contributed by atoms with Crippen LogP contribution in [0.15, 0.2) is 54.6 Å². The standard InChI is InChI=1S/C21H18ClNO3/c1-14(21(24)25-2)26-19-5-3-4-15(12-19)6-10-18-11-8-16-7-9-17(22)13-20(16)23-18/h3-14H,1-2H3/b10-6+. The Morgan fingerprint density at radius 1 is 1.12 bits per heavy atom. The number of aromatic nitrogens is 1. The van der Waals surface area contributed by atoms with E-state index < -0.39 is 12.1 Å². The van der Waals surface area contributed by atoms with Crippen LogP contribution in [0, 0.1) is 0 Å². The maximum atomic E-state index is 11.5. The van der Waals surface area contributed by atoms with Crippen LogP contribution in [-0.2, 0) is 9.53 Å². The molecule has 0 saturated carbocycles. The highest BCUT2D eigenvalue weighted by atomic mass is 35.5. The van der Waals surface area contributed by atoms with Crippen molar-refractivity contribution in [3.63, 3.8) is 0 Å². The van der Waals surface area contributed by atoms with Crippen molar-refractivity contribution in [2.24, 2.45) is 0 Å². The minimum atomic E-state index is -0.661. The van der Waals surface area contributed by atoms with E-state index in [1.54, 1.807) is 13.0 Å². The predicted octanol–water partition coefficient (Wildman–Crippen LogP) is 5.00. The van der Waals surface area contributed by atoms with Crippen LogP contribution in [0.25, 0.3) is 23.1 Å². The van der Waals surface area contributed by atoms with E-state index in [9.17, 15) is 4.79 Å². The third kappa shape index (κ3) is 4.41. The number of carbonyl (C=O) groups excluding carboxylic acids is 1. The summed E-state index contributed by atoms with van der Waals surface area (Å²) in [6, 6.07) is 17.1. The molecule has 26 heavy (non-hydrogen) atoms. The molecule has 1 aromatic heterocycles. The van der Waals surface area contributed by atoms with Gasteiger partial charge in [-0.25, -0.2) is 9.78 Å². The van der Waals surface area contributed by atoms with Crippen molar-refractivity contribution in [3.8, 4) is 5.75 Å². The molecule has 0 aliphatic heterocycles. The molecule has 1 unspecified atom stereocenters. The summed E-state index contributed by atoms with van der Waals surface area (Å²) >= 11 is 6.03. The van der Waals surface area contributed by atoms with Crippen LogP contribution in [0.3, 0.4) is 0 Å². The molecule has 5 heteroatoms. The third-order valence-electron chi connectivity index (χ3n) is 3.83. The first-order valence-corrected chi connectivity index (χ1v) is 8.52. The molecule has 0 fully saturated rings. The first-order valence-electron chi connectivity index (χ1n) is 8.14. The molecule has 0 spiro atoms. The fourth-order valence-electron chi connectivity index (χ4n) is 2.49. The van der Waals surface area contributed by atoms with Gasteiger partial charge in [0.05, 0.1) is 18.3 Å². The monoisotopic (exact) mass is 367 g/mol. The topological polar surface area (TPSA) is 48.4 Å². The molecule has 0 radical (unpaired) electrons. The van der Waals surface area contributed by atoms with Gasteiger partial charge < -0.3 is 9.47 Å². The number of esters is 1. The van der Waals surface area contributed by atoms with Gasteiger partial charge in [0.1, 0.15) is 5.75 Å². The van der Waals surface area contributed by atoms with Gasteiger partial charge in [0, 0.05) is 10.4 Å². The fraction of sp³-hybridized carbons (Fsp3) is 0.143. The van der Waals surface area contributed by atoms with E-state index in [-0.39, 0.29) is 0 Å². The third-order valence-corrected chi connectivity index (χ3v) is 4.06. The Labute approximate surface area is 157 Å². The lowest BCUT2D eigenvalue weighted by molar-refractivity contribution is -0.147. The maximum absolute atomic E-state index is 11.5. The molecule has 4 nitrogen and oxygen atoms in total. The van der Waals surface area contributed by atoms with Crippen molar-refractivity contribution in [1.82, 2.24) is 4.98 Å². The molecule has 3 rings (SSSR count). The van der Waals surface area contributed by atoms with Crippen molar-refractivity contribution in [2.75, 3.05) is 7.11 Å². The summed E-state index contributed by atoms with van der Waals surface area (Å²) in [7, 11) is 1.34. The largest absolute Gasteiger partial charge is 0.479 e. The summed E-state index contributed by atoms with van der Waals surface area (Å²) in [5, 5.41) is 1.70. The second kappa shape index (κ2) is 8.02. The number of halogens is 1. The van der Waals surface area contributed by atoms with Crippen molar-refractivity contribution in [2.45, 2.75) is 13.0 Å². The lowest BCUT2D eigenvalue weighted by Gasteiger charge is -2.12. The number of pyridine rings is 1. The van der Waals surface area contributed by atoms with Gasteiger partial charge in [0.25, 0.3) is 0 Å². The van der Waals surface area contributed by atoms with Crippen molar-refractivity contribution in [3.05, 3.63) is 70.9 Å². The predicted molar refractivity (Wildman–Crippen MR) is 104 cm³/mol. The van der Waals surface area contributed by atoms with Crippen LogP contribution in [0.4, 0.5) is 0 Å². The highest BCUT2D eigenvalue weighted by molar-refractivity contribution is 6.31. The Hall–Kier alpha value is -2.85.